The molecule has 0 aromatic heterocycles. The number of rotatable bonds is 5. The highest BCUT2D eigenvalue weighted by atomic mass is 19.1. The van der Waals surface area contributed by atoms with E-state index < -0.39 is 0 Å². The van der Waals surface area contributed by atoms with Crippen molar-refractivity contribution in [1.82, 2.24) is 0 Å². The minimum atomic E-state index is -0.161. The maximum atomic E-state index is 14.0. The van der Waals surface area contributed by atoms with E-state index in [0.717, 1.165) is 37.4 Å². The second-order valence-corrected chi connectivity index (χ2v) is 5.88. The lowest BCUT2D eigenvalue weighted by Crippen LogP contribution is -2.32. The van der Waals surface area contributed by atoms with Crippen molar-refractivity contribution in [2.45, 2.75) is 32.2 Å². The minimum absolute atomic E-state index is 0.0444. The Bertz CT molecular complexity index is 430. The Morgan fingerprint density at radius 2 is 2.30 bits per heavy atom. The van der Waals surface area contributed by atoms with Crippen molar-refractivity contribution in [3.8, 4) is 0 Å². The summed E-state index contributed by atoms with van der Waals surface area (Å²) in [5.74, 6) is 0.367. The molecule has 1 aromatic rings. The Labute approximate surface area is 120 Å². The summed E-state index contributed by atoms with van der Waals surface area (Å²) in [6.07, 6.45) is 2.87. The molecule has 0 spiro atoms. The predicted molar refractivity (Wildman–Crippen MR) is 80.6 cm³/mol. The first-order valence-corrected chi connectivity index (χ1v) is 7.39. The second kappa shape index (κ2) is 7.04. The van der Waals surface area contributed by atoms with Gasteiger partial charge in [-0.1, -0.05) is 6.07 Å². The van der Waals surface area contributed by atoms with Crippen molar-refractivity contribution in [3.05, 3.63) is 29.6 Å². The molecule has 0 bridgehead atoms. The number of hydrogen-bond acceptors (Lipinski definition) is 3. The van der Waals surface area contributed by atoms with Gasteiger partial charge < -0.3 is 15.4 Å². The molecule has 4 heteroatoms. The monoisotopic (exact) mass is 280 g/mol. The molecular weight excluding hydrogens is 255 g/mol. The van der Waals surface area contributed by atoms with Crippen LogP contribution in [-0.2, 0) is 11.2 Å². The highest BCUT2D eigenvalue weighted by Gasteiger charge is 2.19. The number of nitrogens with two attached hydrogens (primary N) is 1. The Morgan fingerprint density at radius 1 is 1.50 bits per heavy atom. The fraction of sp³-hybridized carbons (Fsp3) is 0.625. The molecule has 1 aromatic carbocycles. The molecule has 1 fully saturated rings. The number of hydrogen-bond donors (Lipinski definition) is 1. The molecule has 2 atom stereocenters. The third-order valence-corrected chi connectivity index (χ3v) is 3.82. The number of nitrogens with zero attached hydrogens (tertiary/aromatic N) is 1. The van der Waals surface area contributed by atoms with Crippen LogP contribution in [0, 0.1) is 11.7 Å². The van der Waals surface area contributed by atoms with Gasteiger partial charge >= 0.3 is 0 Å². The molecule has 0 aliphatic carbocycles. The van der Waals surface area contributed by atoms with Crippen molar-refractivity contribution < 1.29 is 9.13 Å². The van der Waals surface area contributed by atoms with Gasteiger partial charge in [0.25, 0.3) is 0 Å². The Kier molecular flexibility index (Phi) is 5.38. The lowest BCUT2D eigenvalue weighted by atomic mass is 10.00. The van der Waals surface area contributed by atoms with Crippen molar-refractivity contribution in [1.29, 1.82) is 0 Å². The van der Waals surface area contributed by atoms with Crippen molar-refractivity contribution in [2.75, 3.05) is 31.7 Å². The lowest BCUT2D eigenvalue weighted by Gasteiger charge is -2.30. The summed E-state index contributed by atoms with van der Waals surface area (Å²) in [5.41, 5.74) is 7.52. The van der Waals surface area contributed by atoms with E-state index in [2.05, 4.69) is 4.90 Å². The first-order valence-electron chi connectivity index (χ1n) is 7.39. The van der Waals surface area contributed by atoms with E-state index in [-0.39, 0.29) is 11.9 Å². The first kappa shape index (κ1) is 15.3. The van der Waals surface area contributed by atoms with Gasteiger partial charge in [-0.3, -0.25) is 0 Å². The average molecular weight is 280 g/mol. The summed E-state index contributed by atoms with van der Waals surface area (Å²) in [6.45, 7) is 4.49. The standard InChI is InChI=1S/C16H25FN2O/c1-12(18)9-14-15(17)6-3-7-16(14)19(2)10-13-5-4-8-20-11-13/h3,6-7,12-13H,4-5,8-11,18H2,1-2H3. The normalized spacial score (nSPS) is 20.7. The van der Waals surface area contributed by atoms with Gasteiger partial charge in [-0.15, -0.1) is 0 Å². The summed E-state index contributed by atoms with van der Waals surface area (Å²) in [4.78, 5) is 2.14. The SMILES string of the molecule is CC(N)Cc1c(F)cccc1N(C)CC1CCCOC1. The van der Waals surface area contributed by atoms with Crippen LogP contribution >= 0.6 is 0 Å². The molecule has 2 rings (SSSR count). The smallest absolute Gasteiger partial charge is 0.128 e. The van der Waals surface area contributed by atoms with Gasteiger partial charge in [0.1, 0.15) is 5.82 Å². The number of ether oxygens (including phenoxy) is 1. The van der Waals surface area contributed by atoms with Gasteiger partial charge in [0.15, 0.2) is 0 Å². The fourth-order valence-corrected chi connectivity index (χ4v) is 2.87. The summed E-state index contributed by atoms with van der Waals surface area (Å²) in [7, 11) is 2.02. The van der Waals surface area contributed by atoms with E-state index in [1.165, 1.54) is 12.5 Å². The quantitative estimate of drug-likeness (QED) is 0.901. The van der Waals surface area contributed by atoms with E-state index in [0.29, 0.717) is 12.3 Å². The molecule has 1 saturated heterocycles. The maximum Gasteiger partial charge on any atom is 0.128 e. The van der Waals surface area contributed by atoms with E-state index in [9.17, 15) is 4.39 Å². The van der Waals surface area contributed by atoms with Crippen LogP contribution in [0.15, 0.2) is 18.2 Å². The summed E-state index contributed by atoms with van der Waals surface area (Å²) in [6, 6.07) is 5.21. The van der Waals surface area contributed by atoms with Gasteiger partial charge in [0.05, 0.1) is 6.61 Å². The zero-order chi connectivity index (χ0) is 14.5. The van der Waals surface area contributed by atoms with E-state index in [1.807, 2.05) is 20.0 Å². The molecule has 0 saturated carbocycles. The van der Waals surface area contributed by atoms with Crippen molar-refractivity contribution in [3.63, 3.8) is 0 Å². The Morgan fingerprint density at radius 3 is 2.95 bits per heavy atom. The van der Waals surface area contributed by atoms with Gasteiger partial charge in [0.2, 0.25) is 0 Å². The van der Waals surface area contributed by atoms with E-state index in [1.54, 1.807) is 6.07 Å². The molecule has 0 radical (unpaired) electrons. The predicted octanol–water partition coefficient (Wildman–Crippen LogP) is 2.58. The lowest BCUT2D eigenvalue weighted by molar-refractivity contribution is 0.0576. The van der Waals surface area contributed by atoms with Crippen molar-refractivity contribution >= 4 is 5.69 Å². The van der Waals surface area contributed by atoms with E-state index >= 15 is 0 Å². The molecular formula is C16H25FN2O. The second-order valence-electron chi connectivity index (χ2n) is 5.88. The van der Waals surface area contributed by atoms with Crippen LogP contribution in [0.4, 0.5) is 10.1 Å². The van der Waals surface area contributed by atoms with Gasteiger partial charge in [-0.25, -0.2) is 4.39 Å². The summed E-state index contributed by atoms with van der Waals surface area (Å²) >= 11 is 0. The number of benzene rings is 1. The van der Waals surface area contributed by atoms with Crippen LogP contribution in [0.3, 0.4) is 0 Å². The maximum absolute atomic E-state index is 14.0. The molecule has 2 N–H and O–H groups in total. The molecule has 2 unspecified atom stereocenters. The van der Waals surface area contributed by atoms with Crippen LogP contribution in [0.2, 0.25) is 0 Å². The molecule has 1 heterocycles. The summed E-state index contributed by atoms with van der Waals surface area (Å²) in [5, 5.41) is 0. The number of halogens is 1. The van der Waals surface area contributed by atoms with E-state index in [4.69, 9.17) is 10.5 Å². The third kappa shape index (κ3) is 3.93. The van der Waals surface area contributed by atoms with Crippen LogP contribution < -0.4 is 10.6 Å². The van der Waals surface area contributed by atoms with Gasteiger partial charge in [-0.2, -0.15) is 0 Å². The third-order valence-electron chi connectivity index (χ3n) is 3.82. The fourth-order valence-electron chi connectivity index (χ4n) is 2.87. The molecule has 0 amide bonds. The van der Waals surface area contributed by atoms with Crippen LogP contribution in [0.25, 0.3) is 0 Å². The van der Waals surface area contributed by atoms with Gasteiger partial charge in [-0.05, 0) is 44.2 Å². The molecule has 20 heavy (non-hydrogen) atoms. The van der Waals surface area contributed by atoms with Gasteiger partial charge in [0, 0.05) is 37.5 Å². The Balaban J connectivity index is 2.11. The zero-order valence-corrected chi connectivity index (χ0v) is 12.4. The summed E-state index contributed by atoms with van der Waals surface area (Å²) < 4.78 is 19.6. The zero-order valence-electron chi connectivity index (χ0n) is 12.4. The molecule has 1 aliphatic rings. The topological polar surface area (TPSA) is 38.5 Å². The molecule has 112 valence electrons. The molecule has 1 aliphatic heterocycles. The van der Waals surface area contributed by atoms with Crippen LogP contribution in [-0.4, -0.2) is 32.8 Å². The number of anilines is 1. The molecule has 3 nitrogen and oxygen atoms in total. The highest BCUT2D eigenvalue weighted by Crippen LogP contribution is 2.25. The van der Waals surface area contributed by atoms with Crippen molar-refractivity contribution in [2.24, 2.45) is 11.7 Å². The average Bonchev–Trinajstić information content (AvgIpc) is 2.41. The van der Waals surface area contributed by atoms with Crippen LogP contribution in [0.1, 0.15) is 25.3 Å². The highest BCUT2D eigenvalue weighted by molar-refractivity contribution is 5.54. The largest absolute Gasteiger partial charge is 0.381 e. The minimum Gasteiger partial charge on any atom is -0.381 e. The Hall–Kier alpha value is -1.13. The van der Waals surface area contributed by atoms with Crippen LogP contribution in [0.5, 0.6) is 0 Å². The first-order chi connectivity index (χ1) is 9.58.